The molecule has 118 valence electrons. The Morgan fingerprint density at radius 2 is 2.00 bits per heavy atom. The molecular formula is C15H18ClN3O2S. The number of thioether (sulfide) groups is 1. The molecular weight excluding hydrogens is 322 g/mol. The number of benzene rings is 1. The lowest BCUT2D eigenvalue weighted by molar-refractivity contribution is -0.119. The third-order valence-corrected chi connectivity index (χ3v) is 4.17. The molecule has 0 saturated heterocycles. The van der Waals surface area contributed by atoms with Crippen molar-refractivity contribution >= 4 is 29.3 Å². The van der Waals surface area contributed by atoms with Crippen LogP contribution in [0.3, 0.4) is 0 Å². The highest BCUT2D eigenvalue weighted by molar-refractivity contribution is 8.00. The van der Waals surface area contributed by atoms with Gasteiger partial charge in [0, 0.05) is 15.8 Å². The van der Waals surface area contributed by atoms with Gasteiger partial charge in [0.15, 0.2) is 5.82 Å². The third-order valence-electron chi connectivity index (χ3n) is 2.91. The van der Waals surface area contributed by atoms with Gasteiger partial charge in [-0.2, -0.15) is 4.98 Å². The minimum atomic E-state index is -0.307. The van der Waals surface area contributed by atoms with Crippen molar-refractivity contribution in [3.8, 4) is 0 Å². The number of aromatic nitrogens is 2. The summed E-state index contributed by atoms with van der Waals surface area (Å²) in [6, 6.07) is 7.07. The average Bonchev–Trinajstić information content (AvgIpc) is 2.97. The van der Waals surface area contributed by atoms with E-state index in [9.17, 15) is 4.79 Å². The first-order valence-electron chi connectivity index (χ1n) is 6.97. The number of carbonyl (C=O) groups excluding carboxylic acids is 1. The van der Waals surface area contributed by atoms with Crippen LogP contribution in [0.5, 0.6) is 0 Å². The van der Waals surface area contributed by atoms with Crippen molar-refractivity contribution in [1.29, 1.82) is 0 Å². The summed E-state index contributed by atoms with van der Waals surface area (Å²) in [4.78, 5) is 17.2. The summed E-state index contributed by atoms with van der Waals surface area (Å²) in [7, 11) is 0. The molecule has 1 atom stereocenters. The van der Waals surface area contributed by atoms with Crippen LogP contribution < -0.4 is 5.32 Å². The Kier molecular flexibility index (Phi) is 5.85. The van der Waals surface area contributed by atoms with Gasteiger partial charge >= 0.3 is 0 Å². The van der Waals surface area contributed by atoms with E-state index in [4.69, 9.17) is 16.1 Å². The van der Waals surface area contributed by atoms with Crippen LogP contribution in [0.4, 0.5) is 0 Å². The molecule has 0 radical (unpaired) electrons. The second-order valence-corrected chi connectivity index (χ2v) is 6.66. The molecule has 0 aliphatic heterocycles. The van der Waals surface area contributed by atoms with E-state index in [1.807, 2.05) is 32.9 Å². The maximum atomic E-state index is 12.0. The summed E-state index contributed by atoms with van der Waals surface area (Å²) in [5, 5.41) is 7.42. The van der Waals surface area contributed by atoms with E-state index in [1.165, 1.54) is 11.8 Å². The summed E-state index contributed by atoms with van der Waals surface area (Å²) in [5.41, 5.74) is 0. The monoisotopic (exact) mass is 339 g/mol. The van der Waals surface area contributed by atoms with E-state index in [-0.39, 0.29) is 17.9 Å². The molecule has 1 aromatic heterocycles. The molecule has 0 aliphatic carbocycles. The molecule has 7 heteroatoms. The summed E-state index contributed by atoms with van der Waals surface area (Å²) >= 11 is 7.27. The van der Waals surface area contributed by atoms with Crippen molar-refractivity contribution in [2.45, 2.75) is 37.6 Å². The molecule has 0 spiro atoms. The average molecular weight is 340 g/mol. The van der Waals surface area contributed by atoms with E-state index >= 15 is 0 Å². The number of rotatable bonds is 6. The summed E-state index contributed by atoms with van der Waals surface area (Å²) in [6.07, 6.45) is 0. The first kappa shape index (κ1) is 16.8. The summed E-state index contributed by atoms with van der Waals surface area (Å²) in [6.45, 7) is 5.80. The van der Waals surface area contributed by atoms with Crippen LogP contribution in [0, 0.1) is 0 Å². The van der Waals surface area contributed by atoms with Crippen LogP contribution in [-0.2, 0) is 4.79 Å². The van der Waals surface area contributed by atoms with Crippen molar-refractivity contribution < 1.29 is 9.32 Å². The van der Waals surface area contributed by atoms with Crippen LogP contribution in [0.25, 0.3) is 0 Å². The smallest absolute Gasteiger partial charge is 0.248 e. The van der Waals surface area contributed by atoms with Gasteiger partial charge in [0.05, 0.1) is 5.75 Å². The van der Waals surface area contributed by atoms with E-state index in [2.05, 4.69) is 15.5 Å². The first-order valence-corrected chi connectivity index (χ1v) is 8.33. The molecule has 0 bridgehead atoms. The van der Waals surface area contributed by atoms with E-state index in [0.29, 0.717) is 22.5 Å². The van der Waals surface area contributed by atoms with Crippen LogP contribution in [0.15, 0.2) is 33.7 Å². The second kappa shape index (κ2) is 7.65. The fourth-order valence-corrected chi connectivity index (χ4v) is 2.52. The van der Waals surface area contributed by atoms with Crippen molar-refractivity contribution in [3.63, 3.8) is 0 Å². The maximum Gasteiger partial charge on any atom is 0.248 e. The minimum absolute atomic E-state index is 0.0863. The van der Waals surface area contributed by atoms with Crippen LogP contribution >= 0.6 is 23.4 Å². The normalized spacial score (nSPS) is 12.4. The number of halogens is 1. The van der Waals surface area contributed by atoms with E-state index in [1.54, 1.807) is 12.1 Å². The Morgan fingerprint density at radius 1 is 1.32 bits per heavy atom. The largest absolute Gasteiger partial charge is 0.344 e. The highest BCUT2D eigenvalue weighted by atomic mass is 35.5. The number of nitrogens with one attached hydrogen (secondary N) is 1. The molecule has 1 amide bonds. The van der Waals surface area contributed by atoms with Gasteiger partial charge in [0.2, 0.25) is 11.8 Å². The van der Waals surface area contributed by atoms with Crippen molar-refractivity contribution in [3.05, 3.63) is 41.0 Å². The number of nitrogens with zero attached hydrogens (tertiary/aromatic N) is 2. The van der Waals surface area contributed by atoms with Gasteiger partial charge in [-0.1, -0.05) is 30.6 Å². The van der Waals surface area contributed by atoms with Gasteiger partial charge in [-0.15, -0.1) is 11.8 Å². The lowest BCUT2D eigenvalue weighted by Gasteiger charge is -2.09. The Hall–Kier alpha value is -1.53. The van der Waals surface area contributed by atoms with Crippen molar-refractivity contribution in [2.75, 3.05) is 5.75 Å². The fraction of sp³-hybridized carbons (Fsp3) is 0.400. The van der Waals surface area contributed by atoms with Gasteiger partial charge in [-0.05, 0) is 31.2 Å². The zero-order valence-corrected chi connectivity index (χ0v) is 14.2. The summed E-state index contributed by atoms with van der Waals surface area (Å²) in [5.74, 6) is 1.50. The van der Waals surface area contributed by atoms with E-state index in [0.717, 1.165) is 4.90 Å². The number of hydrogen-bond donors (Lipinski definition) is 1. The van der Waals surface area contributed by atoms with E-state index < -0.39 is 0 Å². The molecule has 0 fully saturated rings. The topological polar surface area (TPSA) is 68.0 Å². The van der Waals surface area contributed by atoms with Gasteiger partial charge in [0.1, 0.15) is 6.04 Å². The predicted molar refractivity (Wildman–Crippen MR) is 87.1 cm³/mol. The second-order valence-electron chi connectivity index (χ2n) is 5.18. The Balaban J connectivity index is 1.84. The van der Waals surface area contributed by atoms with Crippen LogP contribution in [0.1, 0.15) is 44.4 Å². The molecule has 2 aromatic rings. The van der Waals surface area contributed by atoms with Gasteiger partial charge < -0.3 is 9.84 Å². The molecule has 2 rings (SSSR count). The first-order chi connectivity index (χ1) is 10.5. The maximum absolute atomic E-state index is 12.0. The van der Waals surface area contributed by atoms with Crippen LogP contribution in [0.2, 0.25) is 5.02 Å². The lowest BCUT2D eigenvalue weighted by atomic mass is 10.2. The molecule has 0 saturated carbocycles. The SMILES string of the molecule is CC(C)c1noc(C(C)NC(=O)CSc2ccc(Cl)cc2)n1. The molecule has 1 heterocycles. The Morgan fingerprint density at radius 3 is 2.59 bits per heavy atom. The zero-order chi connectivity index (χ0) is 16.1. The number of amides is 1. The van der Waals surface area contributed by atoms with Crippen molar-refractivity contribution in [2.24, 2.45) is 0 Å². The summed E-state index contributed by atoms with van der Waals surface area (Å²) < 4.78 is 5.17. The molecule has 5 nitrogen and oxygen atoms in total. The Labute approximate surface area is 138 Å². The molecule has 1 aromatic carbocycles. The predicted octanol–water partition coefficient (Wildman–Crippen LogP) is 3.82. The highest BCUT2D eigenvalue weighted by Gasteiger charge is 2.17. The third kappa shape index (κ3) is 4.74. The van der Waals surface area contributed by atoms with Crippen molar-refractivity contribution in [1.82, 2.24) is 15.5 Å². The lowest BCUT2D eigenvalue weighted by Crippen LogP contribution is -2.28. The van der Waals surface area contributed by atoms with Gasteiger partial charge in [-0.3, -0.25) is 4.79 Å². The zero-order valence-electron chi connectivity index (χ0n) is 12.7. The molecule has 1 N–H and O–H groups in total. The minimum Gasteiger partial charge on any atom is -0.344 e. The standard InChI is InChI=1S/C15H18ClN3O2S/c1-9(2)14-18-15(21-19-14)10(3)17-13(20)8-22-12-6-4-11(16)5-7-12/h4-7,9-10H,8H2,1-3H3,(H,17,20). The highest BCUT2D eigenvalue weighted by Crippen LogP contribution is 2.20. The molecule has 1 unspecified atom stereocenters. The number of carbonyl (C=O) groups is 1. The number of hydrogen-bond acceptors (Lipinski definition) is 5. The molecule has 0 aliphatic rings. The van der Waals surface area contributed by atoms with Gasteiger partial charge in [0.25, 0.3) is 0 Å². The molecule has 22 heavy (non-hydrogen) atoms. The van der Waals surface area contributed by atoms with Crippen LogP contribution in [-0.4, -0.2) is 21.8 Å². The Bertz CT molecular complexity index is 628. The van der Waals surface area contributed by atoms with Gasteiger partial charge in [-0.25, -0.2) is 0 Å². The quantitative estimate of drug-likeness (QED) is 0.810. The fourth-order valence-electron chi connectivity index (χ4n) is 1.68.